The molecule has 0 saturated heterocycles. The molecule has 0 amide bonds. The van der Waals surface area contributed by atoms with E-state index in [0.717, 1.165) is 18.5 Å². The van der Waals surface area contributed by atoms with Gasteiger partial charge in [0.05, 0.1) is 17.3 Å². The first-order valence-electron chi connectivity index (χ1n) is 5.47. The summed E-state index contributed by atoms with van der Waals surface area (Å²) in [6.45, 7) is 1.30. The Labute approximate surface area is 95.0 Å². The van der Waals surface area contributed by atoms with E-state index >= 15 is 0 Å². The number of nitriles is 1. The third kappa shape index (κ3) is 2.10. The largest absolute Gasteiger partial charge is 0.488 e. The van der Waals surface area contributed by atoms with E-state index in [0.29, 0.717) is 30.5 Å². The monoisotopic (exact) mass is 217 g/mol. The number of nitrogens with two attached hydrogens (primary N) is 1. The topological polar surface area (TPSA) is 71.1 Å². The first-order chi connectivity index (χ1) is 7.85. The molecule has 1 aromatic carbocycles. The van der Waals surface area contributed by atoms with Crippen molar-refractivity contribution in [1.82, 2.24) is 0 Å². The van der Waals surface area contributed by atoms with Crippen LogP contribution in [0.4, 0.5) is 5.69 Å². The number of para-hydroxylation sites is 1. The van der Waals surface area contributed by atoms with Crippen LogP contribution in [0.3, 0.4) is 0 Å². The van der Waals surface area contributed by atoms with Crippen LogP contribution in [0.15, 0.2) is 18.2 Å². The van der Waals surface area contributed by atoms with Crippen LogP contribution in [0.5, 0.6) is 5.75 Å². The molecule has 4 heteroatoms. The van der Waals surface area contributed by atoms with Crippen molar-refractivity contribution in [3.63, 3.8) is 0 Å². The predicted molar refractivity (Wildman–Crippen MR) is 62.4 cm³/mol. The van der Waals surface area contributed by atoms with Crippen molar-refractivity contribution in [2.24, 2.45) is 5.73 Å². The molecule has 0 bridgehead atoms. The lowest BCUT2D eigenvalue weighted by Gasteiger charge is -2.27. The molecule has 1 unspecified atom stereocenters. The number of ether oxygens (including phenoxy) is 1. The second-order valence-electron chi connectivity index (χ2n) is 3.88. The van der Waals surface area contributed by atoms with Crippen LogP contribution in [0.2, 0.25) is 0 Å². The molecule has 0 saturated carbocycles. The number of anilines is 1. The summed E-state index contributed by atoms with van der Waals surface area (Å²) in [5, 5.41) is 12.3. The molecule has 1 aromatic rings. The normalized spacial score (nSPS) is 17.9. The molecule has 0 radical (unpaired) electrons. The fourth-order valence-corrected chi connectivity index (χ4v) is 1.86. The number of nitrogens with one attached hydrogen (secondary N) is 1. The predicted octanol–water partition coefficient (Wildman–Crippen LogP) is 1.47. The molecule has 3 N–H and O–H groups in total. The van der Waals surface area contributed by atoms with Crippen molar-refractivity contribution in [2.75, 3.05) is 18.5 Å². The van der Waals surface area contributed by atoms with E-state index in [1.54, 1.807) is 6.07 Å². The number of fused-ring (bicyclic) bond motifs is 1. The molecule has 1 atom stereocenters. The molecule has 1 aliphatic heterocycles. The minimum atomic E-state index is 0.296. The van der Waals surface area contributed by atoms with Gasteiger partial charge in [0, 0.05) is 0 Å². The molecule has 0 spiro atoms. The van der Waals surface area contributed by atoms with Crippen LogP contribution < -0.4 is 15.8 Å². The molecule has 84 valence electrons. The van der Waals surface area contributed by atoms with E-state index in [9.17, 15) is 0 Å². The molecule has 16 heavy (non-hydrogen) atoms. The lowest BCUT2D eigenvalue weighted by Crippen LogP contribution is -2.32. The standard InChI is InChI=1S/C12H15N3O/c13-6-2-4-10-8-16-12-9(7-14)3-1-5-11(12)15-10/h1,3,5,10,15H,2,4,6,8,13H2. The summed E-state index contributed by atoms with van der Waals surface area (Å²) < 4.78 is 5.63. The van der Waals surface area contributed by atoms with Gasteiger partial charge in [0.15, 0.2) is 5.75 Å². The summed E-state index contributed by atoms with van der Waals surface area (Å²) in [6, 6.07) is 7.98. The Kier molecular flexibility index (Phi) is 3.28. The van der Waals surface area contributed by atoms with Crippen molar-refractivity contribution in [3.05, 3.63) is 23.8 Å². The summed E-state index contributed by atoms with van der Waals surface area (Å²) in [6.07, 6.45) is 1.97. The van der Waals surface area contributed by atoms with Crippen LogP contribution in [-0.2, 0) is 0 Å². The van der Waals surface area contributed by atoms with Gasteiger partial charge < -0.3 is 15.8 Å². The van der Waals surface area contributed by atoms with Crippen LogP contribution in [0.1, 0.15) is 18.4 Å². The van der Waals surface area contributed by atoms with Crippen molar-refractivity contribution in [3.8, 4) is 11.8 Å². The van der Waals surface area contributed by atoms with Gasteiger partial charge in [-0.05, 0) is 31.5 Å². The molecule has 1 aliphatic rings. The van der Waals surface area contributed by atoms with E-state index in [1.807, 2.05) is 12.1 Å². The molecular weight excluding hydrogens is 202 g/mol. The number of rotatable bonds is 3. The Bertz CT molecular complexity index is 411. The molecule has 2 rings (SSSR count). The Balaban J connectivity index is 2.13. The maximum atomic E-state index is 8.93. The maximum absolute atomic E-state index is 8.93. The average molecular weight is 217 g/mol. The highest BCUT2D eigenvalue weighted by Gasteiger charge is 2.20. The lowest BCUT2D eigenvalue weighted by atomic mass is 10.1. The van der Waals surface area contributed by atoms with Crippen LogP contribution in [0, 0.1) is 11.3 Å². The lowest BCUT2D eigenvalue weighted by molar-refractivity contribution is 0.276. The minimum Gasteiger partial charge on any atom is -0.488 e. The Morgan fingerprint density at radius 2 is 2.44 bits per heavy atom. The third-order valence-corrected chi connectivity index (χ3v) is 2.68. The Hall–Kier alpha value is -1.73. The second-order valence-corrected chi connectivity index (χ2v) is 3.88. The number of nitrogens with zero attached hydrogens (tertiary/aromatic N) is 1. The molecule has 4 nitrogen and oxygen atoms in total. The first-order valence-corrected chi connectivity index (χ1v) is 5.47. The van der Waals surface area contributed by atoms with Crippen molar-refractivity contribution >= 4 is 5.69 Å². The van der Waals surface area contributed by atoms with E-state index in [1.165, 1.54) is 0 Å². The molecule has 0 aromatic heterocycles. The zero-order chi connectivity index (χ0) is 11.4. The number of hydrogen-bond acceptors (Lipinski definition) is 4. The zero-order valence-corrected chi connectivity index (χ0v) is 9.07. The van der Waals surface area contributed by atoms with Gasteiger partial charge in [0.1, 0.15) is 12.7 Å². The molecule has 0 fully saturated rings. The molecule has 1 heterocycles. The van der Waals surface area contributed by atoms with E-state index < -0.39 is 0 Å². The van der Waals surface area contributed by atoms with Crippen LogP contribution >= 0.6 is 0 Å². The summed E-state index contributed by atoms with van der Waals surface area (Å²) in [4.78, 5) is 0. The van der Waals surface area contributed by atoms with E-state index in [4.69, 9.17) is 15.7 Å². The third-order valence-electron chi connectivity index (χ3n) is 2.68. The highest BCUT2D eigenvalue weighted by atomic mass is 16.5. The van der Waals surface area contributed by atoms with Gasteiger partial charge >= 0.3 is 0 Å². The summed E-state index contributed by atoms with van der Waals surface area (Å²) in [5.41, 5.74) is 6.97. The van der Waals surface area contributed by atoms with Gasteiger partial charge in [-0.3, -0.25) is 0 Å². The minimum absolute atomic E-state index is 0.296. The fraction of sp³-hybridized carbons (Fsp3) is 0.417. The summed E-state index contributed by atoms with van der Waals surface area (Å²) in [7, 11) is 0. The van der Waals surface area contributed by atoms with Gasteiger partial charge in [-0.25, -0.2) is 0 Å². The highest BCUT2D eigenvalue weighted by Crippen LogP contribution is 2.32. The Morgan fingerprint density at radius 3 is 3.19 bits per heavy atom. The van der Waals surface area contributed by atoms with Crippen LogP contribution in [0.25, 0.3) is 0 Å². The molecular formula is C12H15N3O. The number of hydrogen-bond donors (Lipinski definition) is 2. The quantitative estimate of drug-likeness (QED) is 0.804. The van der Waals surface area contributed by atoms with Gasteiger partial charge in [0.25, 0.3) is 0 Å². The zero-order valence-electron chi connectivity index (χ0n) is 9.07. The van der Waals surface area contributed by atoms with Gasteiger partial charge in [-0.2, -0.15) is 5.26 Å². The van der Waals surface area contributed by atoms with Crippen molar-refractivity contribution in [1.29, 1.82) is 5.26 Å². The van der Waals surface area contributed by atoms with E-state index in [-0.39, 0.29) is 0 Å². The molecule has 0 aliphatic carbocycles. The highest BCUT2D eigenvalue weighted by molar-refractivity contribution is 5.65. The average Bonchev–Trinajstić information content (AvgIpc) is 2.35. The van der Waals surface area contributed by atoms with Gasteiger partial charge in [-0.1, -0.05) is 6.07 Å². The first kappa shape index (κ1) is 10.8. The number of benzene rings is 1. The van der Waals surface area contributed by atoms with Crippen molar-refractivity contribution < 1.29 is 4.74 Å². The van der Waals surface area contributed by atoms with Gasteiger partial charge in [0.2, 0.25) is 0 Å². The Morgan fingerprint density at radius 1 is 1.56 bits per heavy atom. The maximum Gasteiger partial charge on any atom is 0.160 e. The second kappa shape index (κ2) is 4.86. The van der Waals surface area contributed by atoms with Crippen LogP contribution in [-0.4, -0.2) is 19.2 Å². The summed E-state index contributed by atoms with van der Waals surface area (Å²) >= 11 is 0. The van der Waals surface area contributed by atoms with Crippen molar-refractivity contribution in [2.45, 2.75) is 18.9 Å². The van der Waals surface area contributed by atoms with E-state index in [2.05, 4.69) is 11.4 Å². The SMILES string of the molecule is N#Cc1cccc2c1OCC(CCCN)N2. The smallest absolute Gasteiger partial charge is 0.160 e. The van der Waals surface area contributed by atoms with Gasteiger partial charge in [-0.15, -0.1) is 0 Å². The summed E-state index contributed by atoms with van der Waals surface area (Å²) in [5.74, 6) is 0.675. The fourth-order valence-electron chi connectivity index (χ4n) is 1.86.